The van der Waals surface area contributed by atoms with Gasteiger partial charge in [0.05, 0.1) is 5.52 Å². The van der Waals surface area contributed by atoms with Crippen molar-refractivity contribution in [3.63, 3.8) is 0 Å². The van der Waals surface area contributed by atoms with Gasteiger partial charge in [-0.05, 0) is 91.0 Å². The number of pyridine rings is 1. The Morgan fingerprint density at radius 1 is 0.400 bits per heavy atom. The molecule has 0 unspecified atom stereocenters. The van der Waals surface area contributed by atoms with Gasteiger partial charge in [0.2, 0.25) is 0 Å². The van der Waals surface area contributed by atoms with Crippen LogP contribution in [0, 0.1) is 0 Å². The number of nitrogens with zero attached hydrogens (tertiary/aromatic N) is 2. The van der Waals surface area contributed by atoms with Crippen LogP contribution in [-0.4, -0.2) is 9.55 Å². The molecule has 0 saturated carbocycles. The molecule has 2 nitrogen and oxygen atoms in total. The van der Waals surface area contributed by atoms with E-state index >= 15 is 0 Å². The van der Waals surface area contributed by atoms with Crippen molar-refractivity contribution in [3.05, 3.63) is 158 Å². The minimum Gasteiger partial charge on any atom is -0.294 e. The third-order valence-corrected chi connectivity index (χ3v) is 9.57. The second-order valence-corrected chi connectivity index (χ2v) is 12.0. The summed E-state index contributed by atoms with van der Waals surface area (Å²) in [5.74, 6) is 0. The molecule has 0 bridgehead atoms. The molecule has 45 heavy (non-hydrogen) atoms. The fourth-order valence-electron chi connectivity index (χ4n) is 7.58. The number of rotatable bonds is 3. The zero-order chi connectivity index (χ0) is 29.5. The van der Waals surface area contributed by atoms with Crippen molar-refractivity contribution < 1.29 is 0 Å². The van der Waals surface area contributed by atoms with Gasteiger partial charge < -0.3 is 0 Å². The van der Waals surface area contributed by atoms with Crippen LogP contribution in [0.4, 0.5) is 0 Å². The number of hydrogen-bond acceptors (Lipinski definition) is 1. The predicted octanol–water partition coefficient (Wildman–Crippen LogP) is 11.5. The first-order valence-electron chi connectivity index (χ1n) is 15.5. The summed E-state index contributed by atoms with van der Waals surface area (Å²) in [6, 6.07) is 55.1. The third-order valence-electron chi connectivity index (χ3n) is 9.57. The number of fused-ring (bicyclic) bond motifs is 8. The molecule has 1 aliphatic rings. The Balaban J connectivity index is 1.18. The van der Waals surface area contributed by atoms with E-state index in [0.29, 0.717) is 0 Å². The highest BCUT2D eigenvalue weighted by molar-refractivity contribution is 6.21. The molecule has 0 N–H and O–H groups in total. The summed E-state index contributed by atoms with van der Waals surface area (Å²) in [5, 5.41) is 7.44. The average Bonchev–Trinajstić information content (AvgIpc) is 3.63. The monoisotopic (exact) mass is 570 g/mol. The Morgan fingerprint density at radius 3 is 1.96 bits per heavy atom. The van der Waals surface area contributed by atoms with Gasteiger partial charge in [0.15, 0.2) is 0 Å². The van der Waals surface area contributed by atoms with Gasteiger partial charge in [-0.3, -0.25) is 4.57 Å². The van der Waals surface area contributed by atoms with Crippen LogP contribution in [0.3, 0.4) is 0 Å². The molecule has 0 amide bonds. The van der Waals surface area contributed by atoms with E-state index in [9.17, 15) is 0 Å². The maximum Gasteiger partial charge on any atom is 0.146 e. The summed E-state index contributed by atoms with van der Waals surface area (Å²) in [6.07, 6.45) is 2.00. The molecule has 2 heterocycles. The van der Waals surface area contributed by atoms with Crippen LogP contribution >= 0.6 is 0 Å². The highest BCUT2D eigenvalue weighted by Gasteiger charge is 2.22. The fourth-order valence-corrected chi connectivity index (χ4v) is 7.58. The average molecular weight is 571 g/mol. The minimum atomic E-state index is 0.981. The zero-order valence-corrected chi connectivity index (χ0v) is 24.4. The number of hydrogen-bond donors (Lipinski definition) is 0. The van der Waals surface area contributed by atoms with Gasteiger partial charge in [0, 0.05) is 28.0 Å². The van der Waals surface area contributed by atoms with E-state index in [2.05, 4.69) is 156 Å². The van der Waals surface area contributed by atoms with Crippen molar-refractivity contribution in [3.8, 4) is 50.2 Å². The number of benzene rings is 7. The van der Waals surface area contributed by atoms with Gasteiger partial charge in [-0.15, -0.1) is 0 Å². The van der Waals surface area contributed by atoms with Crippen molar-refractivity contribution >= 4 is 43.5 Å². The maximum atomic E-state index is 5.01. The predicted molar refractivity (Wildman–Crippen MR) is 189 cm³/mol. The first-order valence-corrected chi connectivity index (χ1v) is 15.5. The Labute approximate surface area is 260 Å². The first kappa shape index (κ1) is 24.5. The highest BCUT2D eigenvalue weighted by atomic mass is 15.0. The normalized spacial score (nSPS) is 12.0. The molecule has 2 aromatic heterocycles. The van der Waals surface area contributed by atoms with Crippen molar-refractivity contribution in [1.29, 1.82) is 0 Å². The Bertz CT molecular complexity index is 2610. The first-order chi connectivity index (χ1) is 22.3. The van der Waals surface area contributed by atoms with Gasteiger partial charge >= 0.3 is 0 Å². The molecular formula is C43H26N2. The summed E-state index contributed by atoms with van der Waals surface area (Å²) in [7, 11) is 0. The largest absolute Gasteiger partial charge is 0.294 e. The topological polar surface area (TPSA) is 17.8 Å². The lowest BCUT2D eigenvalue weighted by Gasteiger charge is -2.12. The van der Waals surface area contributed by atoms with Gasteiger partial charge in [0.25, 0.3) is 0 Å². The molecule has 1 aliphatic carbocycles. The minimum absolute atomic E-state index is 0.981. The van der Waals surface area contributed by atoms with Crippen LogP contribution in [0.15, 0.2) is 158 Å². The standard InChI is InChI=1S/C43H26N2/c1-2-13-31(14-3-1)45-40-23-20-28(25-39(40)42-33-15-5-4-10-30(33)26-44-43(42)45)27-11-8-12-29(24-27)32-21-22-38-35-17-7-6-16-34(35)37-19-9-18-36(32)41(37)38/h1-26H. The molecule has 10 rings (SSSR count). The number of para-hydroxylation sites is 1. The molecule has 0 saturated heterocycles. The second kappa shape index (κ2) is 9.25. The molecule has 0 fully saturated rings. The molecule has 2 heteroatoms. The maximum absolute atomic E-state index is 5.01. The SMILES string of the molecule is c1ccc(-n2c3ccc(-c4cccc(-c5ccc6c7c(cccc57)-c5ccccc5-6)c4)cc3c3c4ccccc4cnc32)cc1. The van der Waals surface area contributed by atoms with E-state index in [4.69, 9.17) is 4.98 Å². The summed E-state index contributed by atoms with van der Waals surface area (Å²) in [4.78, 5) is 5.01. The van der Waals surface area contributed by atoms with Crippen LogP contribution in [-0.2, 0) is 0 Å². The molecular weight excluding hydrogens is 544 g/mol. The lowest BCUT2D eigenvalue weighted by atomic mass is 9.92. The lowest BCUT2D eigenvalue weighted by molar-refractivity contribution is 1.14. The van der Waals surface area contributed by atoms with Crippen molar-refractivity contribution in [2.45, 2.75) is 0 Å². The van der Waals surface area contributed by atoms with Crippen LogP contribution in [0.25, 0.3) is 93.7 Å². The number of aromatic nitrogens is 2. The summed E-state index contributed by atoms with van der Waals surface area (Å²) < 4.78 is 2.29. The van der Waals surface area contributed by atoms with Gasteiger partial charge in [0.1, 0.15) is 5.65 Å². The molecule has 7 aromatic carbocycles. The van der Waals surface area contributed by atoms with Gasteiger partial charge in [-0.25, -0.2) is 4.98 Å². The van der Waals surface area contributed by atoms with E-state index < -0.39 is 0 Å². The highest BCUT2D eigenvalue weighted by Crippen LogP contribution is 2.49. The quantitative estimate of drug-likeness (QED) is 0.207. The van der Waals surface area contributed by atoms with Crippen LogP contribution in [0.5, 0.6) is 0 Å². The molecule has 0 atom stereocenters. The lowest BCUT2D eigenvalue weighted by Crippen LogP contribution is -1.94. The molecule has 0 aliphatic heterocycles. The Morgan fingerprint density at radius 2 is 1.07 bits per heavy atom. The summed E-state index contributed by atoms with van der Waals surface area (Å²) in [5.41, 5.74) is 13.5. The third kappa shape index (κ3) is 3.48. The van der Waals surface area contributed by atoms with Gasteiger partial charge in [-0.1, -0.05) is 121 Å². The summed E-state index contributed by atoms with van der Waals surface area (Å²) >= 11 is 0. The Kier molecular flexibility index (Phi) is 5.03. The van der Waals surface area contributed by atoms with E-state index in [-0.39, 0.29) is 0 Å². The second-order valence-electron chi connectivity index (χ2n) is 12.0. The van der Waals surface area contributed by atoms with Crippen molar-refractivity contribution in [2.75, 3.05) is 0 Å². The van der Waals surface area contributed by atoms with E-state index in [1.54, 1.807) is 0 Å². The summed E-state index contributed by atoms with van der Waals surface area (Å²) in [6.45, 7) is 0. The van der Waals surface area contributed by atoms with Crippen LogP contribution in [0.1, 0.15) is 0 Å². The van der Waals surface area contributed by atoms with E-state index in [1.165, 1.54) is 71.4 Å². The molecule has 9 aromatic rings. The van der Waals surface area contributed by atoms with Crippen LogP contribution < -0.4 is 0 Å². The zero-order valence-electron chi connectivity index (χ0n) is 24.4. The van der Waals surface area contributed by atoms with E-state index in [0.717, 1.165) is 22.2 Å². The van der Waals surface area contributed by atoms with E-state index in [1.807, 2.05) is 6.20 Å². The molecule has 0 spiro atoms. The fraction of sp³-hybridized carbons (Fsp3) is 0. The molecule has 0 radical (unpaired) electrons. The smallest absolute Gasteiger partial charge is 0.146 e. The van der Waals surface area contributed by atoms with Gasteiger partial charge in [-0.2, -0.15) is 0 Å². The van der Waals surface area contributed by atoms with Crippen molar-refractivity contribution in [2.24, 2.45) is 0 Å². The van der Waals surface area contributed by atoms with Crippen LogP contribution in [0.2, 0.25) is 0 Å². The molecule has 208 valence electrons. The van der Waals surface area contributed by atoms with Crippen molar-refractivity contribution in [1.82, 2.24) is 9.55 Å². The Hall–Kier alpha value is -5.99.